The monoisotopic (exact) mass is 465 g/mol. The van der Waals surface area contributed by atoms with Gasteiger partial charge in [0.15, 0.2) is 0 Å². The molecule has 0 bridgehead atoms. The van der Waals surface area contributed by atoms with Gasteiger partial charge in [0.25, 0.3) is 11.8 Å². The second-order valence-electron chi connectivity index (χ2n) is 6.92. The fraction of sp³-hybridized carbons (Fsp3) is 0.160. The highest BCUT2D eigenvalue weighted by atomic mass is 35.5. The molecule has 0 spiro atoms. The van der Waals surface area contributed by atoms with E-state index < -0.39 is 5.91 Å². The molecule has 0 saturated heterocycles. The van der Waals surface area contributed by atoms with Crippen LogP contribution in [-0.4, -0.2) is 31.2 Å². The number of halogens is 1. The Balaban J connectivity index is 1.43. The third-order valence-corrected chi connectivity index (χ3v) is 4.67. The molecular formula is C25H24ClN3O4. The zero-order valence-electron chi connectivity index (χ0n) is 18.1. The topological polar surface area (TPSA) is 89.0 Å². The van der Waals surface area contributed by atoms with Crippen molar-refractivity contribution >= 4 is 29.6 Å². The fourth-order valence-corrected chi connectivity index (χ4v) is 2.91. The second-order valence-corrected chi connectivity index (χ2v) is 7.36. The van der Waals surface area contributed by atoms with E-state index in [9.17, 15) is 9.59 Å². The Morgan fingerprint density at radius 1 is 0.970 bits per heavy atom. The molecule has 3 rings (SSSR count). The molecule has 0 aromatic heterocycles. The lowest BCUT2D eigenvalue weighted by Gasteiger charge is -2.07. The normalized spacial score (nSPS) is 10.6. The van der Waals surface area contributed by atoms with Gasteiger partial charge < -0.3 is 14.8 Å². The summed E-state index contributed by atoms with van der Waals surface area (Å²) in [6.45, 7) is 2.64. The van der Waals surface area contributed by atoms with Crippen LogP contribution in [0.25, 0.3) is 0 Å². The van der Waals surface area contributed by atoms with Crippen LogP contribution in [0.5, 0.6) is 11.5 Å². The molecule has 33 heavy (non-hydrogen) atoms. The van der Waals surface area contributed by atoms with E-state index in [0.717, 1.165) is 11.1 Å². The maximum absolute atomic E-state index is 12.1. The quantitative estimate of drug-likeness (QED) is 0.347. The van der Waals surface area contributed by atoms with E-state index >= 15 is 0 Å². The van der Waals surface area contributed by atoms with Crippen molar-refractivity contribution in [1.82, 2.24) is 10.7 Å². The van der Waals surface area contributed by atoms with E-state index in [1.54, 1.807) is 30.3 Å². The first-order valence-electron chi connectivity index (χ1n) is 10.3. The zero-order chi connectivity index (χ0) is 23.5. The minimum absolute atomic E-state index is 0.201. The van der Waals surface area contributed by atoms with Crippen molar-refractivity contribution in [1.29, 1.82) is 0 Å². The van der Waals surface area contributed by atoms with Crippen molar-refractivity contribution in [3.8, 4) is 11.5 Å². The Bertz CT molecular complexity index is 1100. The lowest BCUT2D eigenvalue weighted by atomic mass is 10.2. The van der Waals surface area contributed by atoms with Crippen LogP contribution < -0.4 is 20.2 Å². The van der Waals surface area contributed by atoms with E-state index in [1.807, 2.05) is 49.4 Å². The number of carbonyl (C=O) groups is 2. The number of benzene rings is 3. The maximum Gasteiger partial charge on any atom is 0.259 e. The standard InChI is InChI=1S/C25H24ClN3O4/c1-2-32-22-12-8-20(9-13-22)25(31)27-16-24(30)29-28-15-19-4-3-5-23(14-19)33-17-18-6-10-21(26)11-7-18/h3-15H,2,16-17H2,1H3,(H,27,31)(H,29,30)/b28-15-. The Labute approximate surface area is 197 Å². The number of hydrazone groups is 1. The molecule has 2 N–H and O–H groups in total. The van der Waals surface area contributed by atoms with E-state index in [2.05, 4.69) is 15.8 Å². The Morgan fingerprint density at radius 2 is 1.73 bits per heavy atom. The molecule has 0 heterocycles. The smallest absolute Gasteiger partial charge is 0.259 e. The van der Waals surface area contributed by atoms with Crippen molar-refractivity contribution in [2.45, 2.75) is 13.5 Å². The van der Waals surface area contributed by atoms with Gasteiger partial charge in [0.2, 0.25) is 0 Å². The molecule has 2 amide bonds. The van der Waals surface area contributed by atoms with Crippen LogP contribution in [0.3, 0.4) is 0 Å². The van der Waals surface area contributed by atoms with Gasteiger partial charge in [0.05, 0.1) is 19.4 Å². The summed E-state index contributed by atoms with van der Waals surface area (Å²) >= 11 is 5.89. The maximum atomic E-state index is 12.1. The van der Waals surface area contributed by atoms with E-state index in [1.165, 1.54) is 6.21 Å². The molecule has 0 aliphatic rings. The molecule has 0 aliphatic carbocycles. The van der Waals surface area contributed by atoms with Crippen molar-refractivity contribution in [3.05, 3.63) is 94.5 Å². The first-order valence-corrected chi connectivity index (χ1v) is 10.7. The van der Waals surface area contributed by atoms with Crippen molar-refractivity contribution in [3.63, 3.8) is 0 Å². The summed E-state index contributed by atoms with van der Waals surface area (Å²) in [5.74, 6) is 0.548. The van der Waals surface area contributed by atoms with Gasteiger partial charge in [0.1, 0.15) is 18.1 Å². The summed E-state index contributed by atoms with van der Waals surface area (Å²) < 4.78 is 11.1. The summed E-state index contributed by atoms with van der Waals surface area (Å²) in [7, 11) is 0. The lowest BCUT2D eigenvalue weighted by molar-refractivity contribution is -0.120. The van der Waals surface area contributed by atoms with Gasteiger partial charge in [-0.2, -0.15) is 5.10 Å². The third kappa shape index (κ3) is 7.97. The van der Waals surface area contributed by atoms with Gasteiger partial charge in [-0.25, -0.2) is 5.43 Å². The number of hydrogen-bond donors (Lipinski definition) is 2. The first kappa shape index (κ1) is 23.8. The summed E-state index contributed by atoms with van der Waals surface area (Å²) in [5.41, 5.74) is 4.57. The van der Waals surface area contributed by atoms with Crippen molar-refractivity contribution < 1.29 is 19.1 Å². The summed E-state index contributed by atoms with van der Waals surface area (Å²) in [5, 5.41) is 7.16. The zero-order valence-corrected chi connectivity index (χ0v) is 18.8. The van der Waals surface area contributed by atoms with E-state index in [0.29, 0.717) is 35.3 Å². The van der Waals surface area contributed by atoms with Gasteiger partial charge in [-0.15, -0.1) is 0 Å². The number of hydrogen-bond acceptors (Lipinski definition) is 5. The summed E-state index contributed by atoms with van der Waals surface area (Å²) in [4.78, 5) is 24.1. The molecule has 7 nitrogen and oxygen atoms in total. The minimum atomic E-state index is -0.444. The van der Waals surface area contributed by atoms with Gasteiger partial charge in [-0.3, -0.25) is 9.59 Å². The van der Waals surface area contributed by atoms with E-state index in [-0.39, 0.29) is 12.5 Å². The average Bonchev–Trinajstić information content (AvgIpc) is 2.83. The summed E-state index contributed by atoms with van der Waals surface area (Å²) in [6, 6.07) is 21.4. The SMILES string of the molecule is CCOc1ccc(C(=O)NCC(=O)N/N=C\c2cccc(OCc3ccc(Cl)cc3)c2)cc1. The van der Waals surface area contributed by atoms with Gasteiger partial charge >= 0.3 is 0 Å². The highest BCUT2D eigenvalue weighted by molar-refractivity contribution is 6.30. The fourth-order valence-electron chi connectivity index (χ4n) is 2.78. The number of carbonyl (C=O) groups excluding carboxylic acids is 2. The Morgan fingerprint density at radius 3 is 2.45 bits per heavy atom. The second kappa shape index (κ2) is 12.3. The van der Waals surface area contributed by atoms with Gasteiger partial charge in [-0.05, 0) is 66.6 Å². The number of rotatable bonds is 10. The van der Waals surface area contributed by atoms with Crippen LogP contribution in [0.1, 0.15) is 28.4 Å². The molecule has 3 aromatic rings. The number of nitrogens with one attached hydrogen (secondary N) is 2. The molecule has 0 atom stereocenters. The molecule has 170 valence electrons. The Kier molecular flexibility index (Phi) is 8.85. The highest BCUT2D eigenvalue weighted by Crippen LogP contribution is 2.16. The summed E-state index contributed by atoms with van der Waals surface area (Å²) in [6.07, 6.45) is 1.50. The molecule has 0 aliphatic heterocycles. The van der Waals surface area contributed by atoms with Crippen LogP contribution in [0, 0.1) is 0 Å². The first-order chi connectivity index (χ1) is 16.0. The largest absolute Gasteiger partial charge is 0.494 e. The molecule has 3 aromatic carbocycles. The van der Waals surface area contributed by atoms with Crippen molar-refractivity contribution in [2.24, 2.45) is 5.10 Å². The molecule has 0 saturated carbocycles. The molecule has 0 unspecified atom stereocenters. The average molecular weight is 466 g/mol. The predicted octanol–water partition coefficient (Wildman–Crippen LogP) is 4.20. The number of amides is 2. The minimum Gasteiger partial charge on any atom is -0.494 e. The molecule has 0 radical (unpaired) electrons. The lowest BCUT2D eigenvalue weighted by Crippen LogP contribution is -2.34. The van der Waals surface area contributed by atoms with Crippen LogP contribution in [-0.2, 0) is 11.4 Å². The van der Waals surface area contributed by atoms with Crippen LogP contribution >= 0.6 is 11.6 Å². The van der Waals surface area contributed by atoms with Crippen LogP contribution in [0.2, 0.25) is 5.02 Å². The van der Waals surface area contributed by atoms with Crippen molar-refractivity contribution in [2.75, 3.05) is 13.2 Å². The number of nitrogens with zero attached hydrogens (tertiary/aromatic N) is 1. The Hall–Kier alpha value is -3.84. The van der Waals surface area contributed by atoms with Gasteiger partial charge in [0, 0.05) is 10.6 Å². The van der Waals surface area contributed by atoms with Crippen LogP contribution in [0.4, 0.5) is 0 Å². The highest BCUT2D eigenvalue weighted by Gasteiger charge is 2.08. The van der Waals surface area contributed by atoms with E-state index in [4.69, 9.17) is 21.1 Å². The van der Waals surface area contributed by atoms with Crippen LogP contribution in [0.15, 0.2) is 77.9 Å². The molecule has 8 heteroatoms. The number of ether oxygens (including phenoxy) is 2. The third-order valence-electron chi connectivity index (χ3n) is 4.42. The van der Waals surface area contributed by atoms with Gasteiger partial charge in [-0.1, -0.05) is 35.9 Å². The molecule has 0 fully saturated rings. The predicted molar refractivity (Wildman–Crippen MR) is 128 cm³/mol. The molecular weight excluding hydrogens is 442 g/mol.